The van der Waals surface area contributed by atoms with Crippen molar-refractivity contribution in [3.63, 3.8) is 0 Å². The van der Waals surface area contributed by atoms with Gasteiger partial charge in [-0.3, -0.25) is 0 Å². The molecular weight excluding hydrogens is 558 g/mol. The quantitative estimate of drug-likeness (QED) is 0.194. The van der Waals surface area contributed by atoms with E-state index in [0.717, 1.165) is 55.6 Å². The molecular formula is C44H37NO. The molecule has 0 amide bonds. The van der Waals surface area contributed by atoms with Crippen LogP contribution in [0.15, 0.2) is 175 Å². The van der Waals surface area contributed by atoms with Crippen molar-refractivity contribution in [2.24, 2.45) is 0 Å². The third-order valence-corrected chi connectivity index (χ3v) is 9.23. The lowest BCUT2D eigenvalue weighted by Gasteiger charge is -2.21. The van der Waals surface area contributed by atoms with Crippen LogP contribution in [0.25, 0.3) is 38.6 Å². The fraction of sp³-hybridized carbons (Fsp3) is 0.0909. The standard InChI is InChI=1S/C30H23NO.C14H14/c1-3-10-21(4-2)22-17-19-24(20-18-22)31-28-16-9-15-27-26-14-8-13-25(29(26)32-30(27)28)23-11-6-5-7-12-23;1-14(2)12-8-4-3-6-10(12)11-7-5-9-13(11)14/h3-20,31H,1-2H2;3-9,11H,1-2H3/b21-10+;. The molecule has 0 bridgehead atoms. The maximum Gasteiger partial charge on any atom is 0.158 e. The van der Waals surface area contributed by atoms with Gasteiger partial charge in [-0.25, -0.2) is 0 Å². The van der Waals surface area contributed by atoms with E-state index in [1.54, 1.807) is 11.6 Å². The molecule has 2 aliphatic rings. The van der Waals surface area contributed by atoms with Gasteiger partial charge in [-0.2, -0.15) is 0 Å². The van der Waals surface area contributed by atoms with Crippen LogP contribution in [0.3, 0.4) is 0 Å². The Hall–Kier alpha value is -5.60. The van der Waals surface area contributed by atoms with Crippen molar-refractivity contribution >= 4 is 38.9 Å². The summed E-state index contributed by atoms with van der Waals surface area (Å²) in [6, 6.07) is 40.0. The number of hydrogen-bond acceptors (Lipinski definition) is 2. The summed E-state index contributed by atoms with van der Waals surface area (Å²) in [4.78, 5) is 0. The van der Waals surface area contributed by atoms with Crippen LogP contribution in [0.5, 0.6) is 0 Å². The molecule has 224 valence electrons. The predicted octanol–water partition coefficient (Wildman–Crippen LogP) is 12.3. The zero-order valence-corrected chi connectivity index (χ0v) is 26.3. The topological polar surface area (TPSA) is 25.2 Å². The molecule has 6 aromatic rings. The molecule has 1 heterocycles. The first-order chi connectivity index (χ1) is 22.5. The van der Waals surface area contributed by atoms with Crippen molar-refractivity contribution in [2.45, 2.75) is 25.2 Å². The number of furan rings is 1. The molecule has 0 radical (unpaired) electrons. The summed E-state index contributed by atoms with van der Waals surface area (Å²) < 4.78 is 6.46. The van der Waals surface area contributed by atoms with Gasteiger partial charge in [0.1, 0.15) is 5.58 Å². The monoisotopic (exact) mass is 595 g/mol. The Morgan fingerprint density at radius 2 is 1.48 bits per heavy atom. The lowest BCUT2D eigenvalue weighted by molar-refractivity contribution is 0.638. The minimum atomic E-state index is 0.227. The minimum absolute atomic E-state index is 0.227. The van der Waals surface area contributed by atoms with E-state index in [4.69, 9.17) is 4.42 Å². The van der Waals surface area contributed by atoms with E-state index >= 15 is 0 Å². The molecule has 0 saturated heterocycles. The molecule has 8 rings (SSSR count). The van der Waals surface area contributed by atoms with Crippen LogP contribution in [-0.2, 0) is 5.41 Å². The summed E-state index contributed by atoms with van der Waals surface area (Å²) in [6.45, 7) is 12.3. The van der Waals surface area contributed by atoms with Gasteiger partial charge in [0, 0.05) is 33.4 Å². The van der Waals surface area contributed by atoms with Crippen LogP contribution >= 0.6 is 0 Å². The van der Waals surface area contributed by atoms with Crippen LogP contribution in [0, 0.1) is 0 Å². The molecule has 0 fully saturated rings. The summed E-state index contributed by atoms with van der Waals surface area (Å²) in [5.74, 6) is 0.557. The fourth-order valence-corrected chi connectivity index (χ4v) is 6.91. The molecule has 5 aromatic carbocycles. The maximum absolute atomic E-state index is 6.46. The van der Waals surface area contributed by atoms with Crippen LogP contribution in [-0.4, -0.2) is 0 Å². The Labute approximate surface area is 271 Å². The third kappa shape index (κ3) is 5.12. The first kappa shape index (κ1) is 29.1. The van der Waals surface area contributed by atoms with Crippen molar-refractivity contribution in [1.29, 1.82) is 0 Å². The van der Waals surface area contributed by atoms with Crippen LogP contribution in [0.1, 0.15) is 36.5 Å². The minimum Gasteiger partial charge on any atom is -0.453 e. The Balaban J connectivity index is 0.000000200. The zero-order valence-electron chi connectivity index (χ0n) is 26.3. The van der Waals surface area contributed by atoms with Gasteiger partial charge in [-0.15, -0.1) is 0 Å². The summed E-state index contributed by atoms with van der Waals surface area (Å²) in [6.07, 6.45) is 12.3. The Morgan fingerprint density at radius 1 is 0.761 bits per heavy atom. The number of fused-ring (bicyclic) bond motifs is 6. The number of benzene rings is 5. The summed E-state index contributed by atoms with van der Waals surface area (Å²) in [5.41, 5.74) is 12.9. The van der Waals surface area contributed by atoms with E-state index in [0.29, 0.717) is 5.92 Å². The molecule has 2 nitrogen and oxygen atoms in total. The van der Waals surface area contributed by atoms with Gasteiger partial charge in [-0.05, 0) is 51.6 Å². The fourth-order valence-electron chi connectivity index (χ4n) is 6.91. The normalized spacial score (nSPS) is 15.9. The largest absolute Gasteiger partial charge is 0.453 e. The average molecular weight is 596 g/mol. The van der Waals surface area contributed by atoms with E-state index in [2.05, 4.69) is 154 Å². The van der Waals surface area contributed by atoms with Gasteiger partial charge >= 0.3 is 0 Å². The van der Waals surface area contributed by atoms with Crippen LogP contribution in [0.2, 0.25) is 0 Å². The second-order valence-corrected chi connectivity index (χ2v) is 12.3. The molecule has 46 heavy (non-hydrogen) atoms. The number of para-hydroxylation sites is 2. The van der Waals surface area contributed by atoms with E-state index < -0.39 is 0 Å². The smallest absolute Gasteiger partial charge is 0.158 e. The predicted molar refractivity (Wildman–Crippen MR) is 197 cm³/mol. The SMILES string of the molecule is C=C/C=C(\C=C)c1ccc(Nc2cccc3c2oc2c(-c4ccccc4)cccc23)cc1.CC1(C)C2=CC=CC2c2ccccc21. The summed E-state index contributed by atoms with van der Waals surface area (Å²) in [7, 11) is 0. The van der Waals surface area contributed by atoms with Gasteiger partial charge in [0.05, 0.1) is 5.69 Å². The van der Waals surface area contributed by atoms with Crippen LogP contribution < -0.4 is 5.32 Å². The number of rotatable bonds is 6. The van der Waals surface area contributed by atoms with Gasteiger partial charge in [0.15, 0.2) is 5.58 Å². The number of hydrogen-bond donors (Lipinski definition) is 1. The van der Waals surface area contributed by atoms with Crippen molar-refractivity contribution in [1.82, 2.24) is 0 Å². The van der Waals surface area contributed by atoms with Crippen molar-refractivity contribution in [2.75, 3.05) is 5.32 Å². The Morgan fingerprint density at radius 3 is 2.24 bits per heavy atom. The molecule has 0 spiro atoms. The van der Waals surface area contributed by atoms with E-state index in [9.17, 15) is 0 Å². The van der Waals surface area contributed by atoms with Gasteiger partial charge < -0.3 is 9.73 Å². The molecule has 0 aliphatic heterocycles. The Kier molecular flexibility index (Phi) is 7.64. The van der Waals surface area contributed by atoms with E-state index in [1.807, 2.05) is 24.3 Å². The summed E-state index contributed by atoms with van der Waals surface area (Å²) in [5, 5.41) is 5.74. The lowest BCUT2D eigenvalue weighted by atomic mass is 9.82. The van der Waals surface area contributed by atoms with Gasteiger partial charge in [0.2, 0.25) is 0 Å². The highest BCUT2D eigenvalue weighted by Gasteiger charge is 2.40. The molecule has 1 atom stereocenters. The lowest BCUT2D eigenvalue weighted by Crippen LogP contribution is -2.15. The molecule has 2 heteroatoms. The third-order valence-electron chi connectivity index (χ3n) is 9.23. The first-order valence-electron chi connectivity index (χ1n) is 15.8. The van der Waals surface area contributed by atoms with Crippen molar-refractivity contribution in [3.8, 4) is 11.1 Å². The highest BCUT2D eigenvalue weighted by Crippen LogP contribution is 2.52. The van der Waals surface area contributed by atoms with Crippen molar-refractivity contribution in [3.05, 3.63) is 187 Å². The number of anilines is 2. The second-order valence-electron chi connectivity index (χ2n) is 12.3. The molecule has 1 N–H and O–H groups in total. The highest BCUT2D eigenvalue weighted by atomic mass is 16.3. The van der Waals surface area contributed by atoms with Crippen LogP contribution in [0.4, 0.5) is 11.4 Å². The first-order valence-corrected chi connectivity index (χ1v) is 15.8. The zero-order chi connectivity index (χ0) is 31.7. The second kappa shape index (κ2) is 12.1. The van der Waals surface area contributed by atoms with Gasteiger partial charge in [-0.1, -0.05) is 161 Å². The van der Waals surface area contributed by atoms with Gasteiger partial charge in [0.25, 0.3) is 0 Å². The summed E-state index contributed by atoms with van der Waals surface area (Å²) >= 11 is 0. The highest BCUT2D eigenvalue weighted by molar-refractivity contribution is 6.12. The Bertz CT molecular complexity index is 2170. The number of allylic oxidation sites excluding steroid dienone is 8. The maximum atomic E-state index is 6.46. The number of nitrogens with one attached hydrogen (secondary N) is 1. The molecule has 1 aromatic heterocycles. The molecule has 1 unspecified atom stereocenters. The van der Waals surface area contributed by atoms with E-state index in [-0.39, 0.29) is 5.41 Å². The molecule has 2 aliphatic carbocycles. The van der Waals surface area contributed by atoms with Crippen molar-refractivity contribution < 1.29 is 4.42 Å². The van der Waals surface area contributed by atoms with E-state index in [1.165, 1.54) is 11.1 Å². The average Bonchev–Trinajstić information content (AvgIpc) is 3.80. The molecule has 0 saturated carbocycles.